The molecule has 2 rings (SSSR count). The number of carboxylic acids is 1. The van der Waals surface area contributed by atoms with Crippen LogP contribution in [0.4, 0.5) is 0 Å². The quantitative estimate of drug-likeness (QED) is 0.796. The summed E-state index contributed by atoms with van der Waals surface area (Å²) in [6, 6.07) is 5.62. The first-order valence-corrected chi connectivity index (χ1v) is 8.00. The summed E-state index contributed by atoms with van der Waals surface area (Å²) in [5.41, 5.74) is 0.769. The van der Waals surface area contributed by atoms with Crippen LogP contribution in [0, 0.1) is 0 Å². The van der Waals surface area contributed by atoms with Crippen molar-refractivity contribution >= 4 is 28.0 Å². The predicted octanol–water partition coefficient (Wildman–Crippen LogP) is 3.41. The number of ether oxygens (including phenoxy) is 1. The first kappa shape index (κ1) is 16.0. The van der Waals surface area contributed by atoms with E-state index in [4.69, 9.17) is 9.84 Å². The Bertz CT molecular complexity index is 510. The number of piperidine rings is 1. The van der Waals surface area contributed by atoms with Crippen molar-refractivity contribution in [2.75, 3.05) is 26.2 Å². The fourth-order valence-electron chi connectivity index (χ4n) is 2.41. The highest BCUT2D eigenvalue weighted by Gasteiger charge is 2.10. The second-order valence-corrected chi connectivity index (χ2v) is 6.02. The Morgan fingerprint density at radius 2 is 2.10 bits per heavy atom. The predicted molar refractivity (Wildman–Crippen MR) is 86.6 cm³/mol. The molecule has 0 aromatic heterocycles. The molecule has 1 aliphatic rings. The number of hydrogen-bond donors (Lipinski definition) is 1. The normalized spacial score (nSPS) is 16.2. The van der Waals surface area contributed by atoms with Crippen LogP contribution < -0.4 is 4.74 Å². The molecule has 114 valence electrons. The van der Waals surface area contributed by atoms with Gasteiger partial charge in [0.1, 0.15) is 12.4 Å². The van der Waals surface area contributed by atoms with Crippen molar-refractivity contribution in [2.24, 2.45) is 0 Å². The number of benzene rings is 1. The topological polar surface area (TPSA) is 49.8 Å². The molecule has 0 amide bonds. The Balaban J connectivity index is 1.93. The van der Waals surface area contributed by atoms with Crippen molar-refractivity contribution in [2.45, 2.75) is 19.3 Å². The average Bonchev–Trinajstić information content (AvgIpc) is 2.48. The van der Waals surface area contributed by atoms with E-state index in [-0.39, 0.29) is 0 Å². The Morgan fingerprint density at radius 3 is 2.81 bits per heavy atom. The van der Waals surface area contributed by atoms with E-state index >= 15 is 0 Å². The molecular weight excluding hydrogens is 334 g/mol. The Kier molecular flexibility index (Phi) is 6.26. The number of rotatable bonds is 6. The van der Waals surface area contributed by atoms with Crippen molar-refractivity contribution in [3.63, 3.8) is 0 Å². The lowest BCUT2D eigenvalue weighted by Gasteiger charge is -2.26. The summed E-state index contributed by atoms with van der Waals surface area (Å²) >= 11 is 3.39. The lowest BCUT2D eigenvalue weighted by Crippen LogP contribution is -2.33. The summed E-state index contributed by atoms with van der Waals surface area (Å²) in [6.07, 6.45) is 6.55. The number of aliphatic carboxylic acids is 1. The molecule has 0 saturated carbocycles. The molecular formula is C16H20BrNO3. The van der Waals surface area contributed by atoms with E-state index in [0.717, 1.165) is 35.7 Å². The van der Waals surface area contributed by atoms with E-state index in [1.54, 1.807) is 6.08 Å². The summed E-state index contributed by atoms with van der Waals surface area (Å²) in [4.78, 5) is 13.1. The molecule has 1 aliphatic heterocycles. The van der Waals surface area contributed by atoms with Crippen LogP contribution in [0.3, 0.4) is 0 Å². The van der Waals surface area contributed by atoms with E-state index in [2.05, 4.69) is 20.8 Å². The number of carboxylic acid groups (broad SMARTS) is 1. The third-order valence-corrected chi connectivity index (χ3v) is 3.98. The van der Waals surface area contributed by atoms with Crippen LogP contribution in [0.1, 0.15) is 24.8 Å². The molecule has 1 saturated heterocycles. The smallest absolute Gasteiger partial charge is 0.328 e. The molecule has 5 heteroatoms. The van der Waals surface area contributed by atoms with Gasteiger partial charge >= 0.3 is 5.97 Å². The minimum atomic E-state index is -0.964. The molecule has 0 bridgehead atoms. The van der Waals surface area contributed by atoms with Crippen LogP contribution in [0.25, 0.3) is 6.08 Å². The van der Waals surface area contributed by atoms with Gasteiger partial charge in [0.05, 0.1) is 0 Å². The van der Waals surface area contributed by atoms with E-state index in [0.29, 0.717) is 12.4 Å². The van der Waals surface area contributed by atoms with Crippen molar-refractivity contribution in [3.05, 3.63) is 34.3 Å². The zero-order valence-electron chi connectivity index (χ0n) is 11.9. The van der Waals surface area contributed by atoms with Gasteiger partial charge in [-0.1, -0.05) is 22.4 Å². The number of carbonyl (C=O) groups is 1. The fourth-order valence-corrected chi connectivity index (χ4v) is 2.79. The second-order valence-electron chi connectivity index (χ2n) is 5.10. The number of nitrogens with zero attached hydrogens (tertiary/aromatic N) is 1. The van der Waals surface area contributed by atoms with E-state index in [9.17, 15) is 4.79 Å². The highest BCUT2D eigenvalue weighted by atomic mass is 79.9. The number of halogens is 1. The third kappa shape index (κ3) is 5.52. The molecule has 1 heterocycles. The molecule has 1 fully saturated rings. The minimum absolute atomic E-state index is 0.621. The summed E-state index contributed by atoms with van der Waals surface area (Å²) in [5.74, 6) is -0.248. The van der Waals surface area contributed by atoms with E-state index < -0.39 is 5.97 Å². The van der Waals surface area contributed by atoms with Gasteiger partial charge in [-0.3, -0.25) is 4.90 Å². The Labute approximate surface area is 133 Å². The zero-order chi connectivity index (χ0) is 15.1. The van der Waals surface area contributed by atoms with Crippen molar-refractivity contribution in [3.8, 4) is 5.75 Å². The maximum Gasteiger partial charge on any atom is 0.328 e. The molecule has 0 atom stereocenters. The summed E-state index contributed by atoms with van der Waals surface area (Å²) in [5, 5.41) is 8.74. The zero-order valence-corrected chi connectivity index (χ0v) is 13.5. The largest absolute Gasteiger partial charge is 0.492 e. The van der Waals surface area contributed by atoms with Crippen LogP contribution in [0.2, 0.25) is 0 Å². The van der Waals surface area contributed by atoms with Gasteiger partial charge in [-0.15, -0.1) is 0 Å². The molecule has 1 aromatic rings. The molecule has 0 spiro atoms. The molecule has 4 nitrogen and oxygen atoms in total. The first-order valence-electron chi connectivity index (χ1n) is 7.21. The van der Waals surface area contributed by atoms with Crippen LogP contribution in [-0.4, -0.2) is 42.2 Å². The summed E-state index contributed by atoms with van der Waals surface area (Å²) < 4.78 is 6.72. The molecule has 1 N–H and O–H groups in total. The van der Waals surface area contributed by atoms with Gasteiger partial charge in [-0.2, -0.15) is 0 Å². The van der Waals surface area contributed by atoms with Gasteiger partial charge < -0.3 is 9.84 Å². The van der Waals surface area contributed by atoms with Gasteiger partial charge in [-0.05, 0) is 50.2 Å². The van der Waals surface area contributed by atoms with Crippen molar-refractivity contribution in [1.29, 1.82) is 0 Å². The summed E-state index contributed by atoms with van der Waals surface area (Å²) in [7, 11) is 0. The first-order chi connectivity index (χ1) is 10.1. The Hall–Kier alpha value is -1.33. The van der Waals surface area contributed by atoms with Crippen LogP contribution in [-0.2, 0) is 4.79 Å². The van der Waals surface area contributed by atoms with E-state index in [1.807, 2.05) is 18.2 Å². The molecule has 0 aliphatic carbocycles. The summed E-state index contributed by atoms with van der Waals surface area (Å²) in [6.45, 7) is 3.83. The van der Waals surface area contributed by atoms with Gasteiger partial charge in [0, 0.05) is 22.7 Å². The minimum Gasteiger partial charge on any atom is -0.492 e. The maximum absolute atomic E-state index is 10.6. The average molecular weight is 354 g/mol. The van der Waals surface area contributed by atoms with Crippen molar-refractivity contribution in [1.82, 2.24) is 4.90 Å². The SMILES string of the molecule is O=C(O)C=Cc1cc(Br)ccc1OCCN1CCCCC1. The fraction of sp³-hybridized carbons (Fsp3) is 0.438. The lowest BCUT2D eigenvalue weighted by atomic mass is 10.1. The van der Waals surface area contributed by atoms with Crippen LogP contribution in [0.15, 0.2) is 28.7 Å². The molecule has 0 unspecified atom stereocenters. The van der Waals surface area contributed by atoms with Crippen LogP contribution >= 0.6 is 15.9 Å². The Morgan fingerprint density at radius 1 is 1.33 bits per heavy atom. The highest BCUT2D eigenvalue weighted by molar-refractivity contribution is 9.10. The second kappa shape index (κ2) is 8.20. The maximum atomic E-state index is 10.6. The number of likely N-dealkylation sites (tertiary alicyclic amines) is 1. The molecule has 21 heavy (non-hydrogen) atoms. The standard InChI is InChI=1S/C16H20BrNO3/c17-14-5-6-15(13(12-14)4-7-16(19)20)21-11-10-18-8-2-1-3-9-18/h4-7,12H,1-3,8-11H2,(H,19,20). The molecule has 0 radical (unpaired) electrons. The van der Waals surface area contributed by atoms with Crippen LogP contribution in [0.5, 0.6) is 5.75 Å². The molecule has 1 aromatic carbocycles. The third-order valence-electron chi connectivity index (χ3n) is 3.49. The number of hydrogen-bond acceptors (Lipinski definition) is 3. The lowest BCUT2D eigenvalue weighted by molar-refractivity contribution is -0.131. The van der Waals surface area contributed by atoms with Gasteiger partial charge in [0.15, 0.2) is 0 Å². The highest BCUT2D eigenvalue weighted by Crippen LogP contribution is 2.24. The van der Waals surface area contributed by atoms with Gasteiger partial charge in [-0.25, -0.2) is 4.79 Å². The van der Waals surface area contributed by atoms with Gasteiger partial charge in [0.2, 0.25) is 0 Å². The van der Waals surface area contributed by atoms with Crippen molar-refractivity contribution < 1.29 is 14.6 Å². The van der Waals surface area contributed by atoms with E-state index in [1.165, 1.54) is 19.3 Å². The monoisotopic (exact) mass is 353 g/mol. The van der Waals surface area contributed by atoms with Gasteiger partial charge in [0.25, 0.3) is 0 Å².